The molecular formula is C14H20F2Zr. The zero-order valence-electron chi connectivity index (χ0n) is 10.2. The Morgan fingerprint density at radius 1 is 1.18 bits per heavy atom. The smallest absolute Gasteiger partial charge is 0.269 e. The van der Waals surface area contributed by atoms with Crippen LogP contribution in [0.2, 0.25) is 0 Å². The third-order valence-corrected chi connectivity index (χ3v) is 6.64. The summed E-state index contributed by atoms with van der Waals surface area (Å²) in [7, 11) is 0. The van der Waals surface area contributed by atoms with Gasteiger partial charge in [-0.25, -0.2) is 0 Å². The molecule has 0 spiro atoms. The summed E-state index contributed by atoms with van der Waals surface area (Å²) >= 11 is -0.387. The first-order valence-electron chi connectivity index (χ1n) is 5.91. The van der Waals surface area contributed by atoms with Gasteiger partial charge in [-0.3, -0.25) is 9.41 Å². The quantitative estimate of drug-likeness (QED) is 0.694. The van der Waals surface area contributed by atoms with Crippen molar-refractivity contribution in [2.75, 3.05) is 0 Å². The third kappa shape index (κ3) is 4.83. The van der Waals surface area contributed by atoms with Gasteiger partial charge in [-0.05, 0) is 0 Å². The van der Waals surface area contributed by atoms with Crippen LogP contribution in [0.5, 0.6) is 0 Å². The number of hydrogen-bond acceptors (Lipinski definition) is 0. The van der Waals surface area contributed by atoms with E-state index >= 15 is 0 Å². The number of allylic oxidation sites excluding steroid dienone is 8. The van der Waals surface area contributed by atoms with Crippen molar-refractivity contribution in [3.05, 3.63) is 42.5 Å². The van der Waals surface area contributed by atoms with Gasteiger partial charge in [0, 0.05) is 0 Å². The molecule has 0 bridgehead atoms. The van der Waals surface area contributed by atoms with Crippen LogP contribution in [0.4, 0.5) is 9.41 Å². The predicted octanol–water partition coefficient (Wildman–Crippen LogP) is 4.62. The van der Waals surface area contributed by atoms with Crippen LogP contribution in [0.3, 0.4) is 0 Å². The van der Waals surface area contributed by atoms with Crippen LogP contribution in [-0.2, 0) is 23.2 Å². The fraction of sp³-hybridized carbons (Fsp3) is 0.429. The summed E-state index contributed by atoms with van der Waals surface area (Å²) < 4.78 is 3.59. The van der Waals surface area contributed by atoms with Crippen LogP contribution in [0, 0.1) is 0 Å². The zero-order chi connectivity index (χ0) is 10.5. The molecule has 0 heterocycles. The Labute approximate surface area is 114 Å². The van der Waals surface area contributed by atoms with Gasteiger partial charge in [-0.15, -0.1) is 0 Å². The van der Waals surface area contributed by atoms with Crippen LogP contribution in [-0.4, -0.2) is 0 Å². The molecule has 94 valence electrons. The van der Waals surface area contributed by atoms with Gasteiger partial charge in [-0.2, -0.15) is 0 Å². The van der Waals surface area contributed by atoms with E-state index in [1.807, 2.05) is 3.28 Å². The van der Waals surface area contributed by atoms with E-state index in [1.54, 1.807) is 8.85 Å². The molecule has 0 aromatic rings. The first-order chi connectivity index (χ1) is 7.40. The van der Waals surface area contributed by atoms with Crippen molar-refractivity contribution < 1.29 is 32.6 Å². The molecule has 0 fully saturated rings. The van der Waals surface area contributed by atoms with E-state index in [1.165, 1.54) is 32.1 Å². The van der Waals surface area contributed by atoms with Crippen molar-refractivity contribution in [2.24, 2.45) is 0 Å². The minimum Gasteiger partial charge on any atom is -0.269 e. The van der Waals surface area contributed by atoms with E-state index in [2.05, 4.69) is 37.3 Å². The molecule has 17 heavy (non-hydrogen) atoms. The molecule has 0 nitrogen and oxygen atoms in total. The molecule has 0 amide bonds. The van der Waals surface area contributed by atoms with Crippen LogP contribution in [0.25, 0.3) is 0 Å². The second-order valence-electron chi connectivity index (χ2n) is 4.16. The Bertz CT molecular complexity index is 351. The van der Waals surface area contributed by atoms with Crippen LogP contribution >= 0.6 is 0 Å². The van der Waals surface area contributed by atoms with Gasteiger partial charge in [0.2, 0.25) is 0 Å². The van der Waals surface area contributed by atoms with Gasteiger partial charge in [0.25, 0.3) is 0 Å². The fourth-order valence-corrected chi connectivity index (χ4v) is 5.40. The molecule has 0 saturated carbocycles. The largest absolute Gasteiger partial charge is 0.269 e. The maximum absolute atomic E-state index is 2.38. The van der Waals surface area contributed by atoms with Gasteiger partial charge in [0.15, 0.2) is 0 Å². The summed E-state index contributed by atoms with van der Waals surface area (Å²) in [5.74, 6) is 0. The summed E-state index contributed by atoms with van der Waals surface area (Å²) in [5, 5.41) is 0. The molecule has 0 unspecified atom stereocenters. The zero-order valence-corrected chi connectivity index (χ0v) is 12.7. The van der Waals surface area contributed by atoms with E-state index in [-0.39, 0.29) is 32.6 Å². The summed E-state index contributed by atoms with van der Waals surface area (Å²) in [4.78, 5) is 0. The predicted molar refractivity (Wildman–Crippen MR) is 67.2 cm³/mol. The molecule has 2 aliphatic rings. The van der Waals surface area contributed by atoms with Crippen molar-refractivity contribution >= 4 is 0 Å². The second kappa shape index (κ2) is 8.74. The Kier molecular flexibility index (Phi) is 8.59. The standard InChI is InChI=1S/C9H13.C5H5.2FH.Zr/c1-2-3-6-9-7-4-5-8-9;1-2-4-5-3-1;;;/h4,7H,2-3,5-6H2,1H3;1-3H,4H2;2*1H;. The molecule has 0 radical (unpaired) electrons. The number of halogens is 2. The Morgan fingerprint density at radius 2 is 2.00 bits per heavy atom. The average molecular weight is 318 g/mol. The van der Waals surface area contributed by atoms with Crippen molar-refractivity contribution in [3.8, 4) is 0 Å². The Balaban J connectivity index is 0.00000128. The van der Waals surface area contributed by atoms with Crippen molar-refractivity contribution in [3.63, 3.8) is 0 Å². The first kappa shape index (κ1) is 16.7. The maximum atomic E-state index is 2.38. The van der Waals surface area contributed by atoms with E-state index < -0.39 is 0 Å². The Morgan fingerprint density at radius 3 is 2.65 bits per heavy atom. The van der Waals surface area contributed by atoms with E-state index in [0.29, 0.717) is 0 Å². The minimum atomic E-state index is -0.387. The third-order valence-electron chi connectivity index (χ3n) is 2.91. The molecule has 0 saturated heterocycles. The van der Waals surface area contributed by atoms with Gasteiger partial charge in [-0.1, -0.05) is 0 Å². The van der Waals surface area contributed by atoms with Gasteiger partial charge < -0.3 is 0 Å². The monoisotopic (exact) mass is 316 g/mol. The van der Waals surface area contributed by atoms with E-state index in [9.17, 15) is 0 Å². The molecule has 0 aromatic heterocycles. The van der Waals surface area contributed by atoms with E-state index in [0.717, 1.165) is 0 Å². The van der Waals surface area contributed by atoms with Crippen molar-refractivity contribution in [1.29, 1.82) is 0 Å². The Hall–Kier alpha value is -0.297. The summed E-state index contributed by atoms with van der Waals surface area (Å²) in [6.07, 6.45) is 18.1. The van der Waals surface area contributed by atoms with Crippen molar-refractivity contribution in [1.82, 2.24) is 0 Å². The molecular weight excluding hydrogens is 297 g/mol. The summed E-state index contributed by atoms with van der Waals surface area (Å²) in [6.45, 7) is 2.28. The molecule has 0 aliphatic heterocycles. The van der Waals surface area contributed by atoms with E-state index in [4.69, 9.17) is 0 Å². The van der Waals surface area contributed by atoms with Crippen molar-refractivity contribution in [2.45, 2.75) is 39.0 Å². The van der Waals surface area contributed by atoms with Gasteiger partial charge >= 0.3 is 105 Å². The molecule has 2 rings (SSSR count). The van der Waals surface area contributed by atoms with Gasteiger partial charge in [0.1, 0.15) is 0 Å². The molecule has 0 atom stereocenters. The van der Waals surface area contributed by atoms with Crippen LogP contribution in [0.1, 0.15) is 39.0 Å². The first-order valence-corrected chi connectivity index (χ1v) is 8.37. The average Bonchev–Trinajstić information content (AvgIpc) is 2.87. The topological polar surface area (TPSA) is 0 Å². The van der Waals surface area contributed by atoms with Gasteiger partial charge in [0.05, 0.1) is 0 Å². The molecule has 0 aromatic carbocycles. The second-order valence-corrected chi connectivity index (χ2v) is 7.84. The van der Waals surface area contributed by atoms with Crippen LogP contribution in [0.15, 0.2) is 42.5 Å². The fourth-order valence-electron chi connectivity index (χ4n) is 2.02. The molecule has 3 heteroatoms. The normalized spacial score (nSPS) is 16.6. The van der Waals surface area contributed by atoms with Crippen LogP contribution < -0.4 is 0 Å². The SMILES string of the molecule is CCCCC1=[C]([Zr][C]2=CC=CC2)CC=C1.F.F. The summed E-state index contributed by atoms with van der Waals surface area (Å²) in [6, 6.07) is 0. The number of unbranched alkanes of at least 4 members (excludes halogenated alkanes) is 1. The maximum Gasteiger partial charge on any atom is -0.269 e. The number of hydrogen-bond donors (Lipinski definition) is 0. The number of rotatable bonds is 5. The molecule has 0 N–H and O–H groups in total. The molecule has 2 aliphatic carbocycles. The minimum absolute atomic E-state index is 0. The summed E-state index contributed by atoms with van der Waals surface area (Å²) in [5.41, 5.74) is 1.69.